The van der Waals surface area contributed by atoms with E-state index in [1.807, 2.05) is 19.1 Å². The van der Waals surface area contributed by atoms with Crippen LogP contribution in [0, 0.1) is 12.8 Å². The molecule has 0 radical (unpaired) electrons. The Labute approximate surface area is 101 Å². The van der Waals surface area contributed by atoms with Crippen LogP contribution in [0.2, 0.25) is 0 Å². The second kappa shape index (κ2) is 4.11. The van der Waals surface area contributed by atoms with Crippen LogP contribution in [0.5, 0.6) is 0 Å². The lowest BCUT2D eigenvalue weighted by atomic mass is 9.88. The maximum Gasteiger partial charge on any atom is 0.229 e. The maximum atomic E-state index is 12.1. The molecule has 0 saturated carbocycles. The van der Waals surface area contributed by atoms with Gasteiger partial charge >= 0.3 is 0 Å². The van der Waals surface area contributed by atoms with Crippen molar-refractivity contribution < 1.29 is 4.79 Å². The zero-order valence-electron chi connectivity index (χ0n) is 9.94. The number of nitrogens with zero attached hydrogens (tertiary/aromatic N) is 1. The van der Waals surface area contributed by atoms with Crippen LogP contribution in [-0.4, -0.2) is 23.0 Å². The van der Waals surface area contributed by atoms with Crippen molar-refractivity contribution in [3.05, 3.63) is 24.0 Å². The fraction of sp³-hybridized carbons (Fsp3) is 0.538. The van der Waals surface area contributed by atoms with E-state index >= 15 is 0 Å². The maximum absolute atomic E-state index is 12.1. The lowest BCUT2D eigenvalue weighted by molar-refractivity contribution is -0.120. The van der Waals surface area contributed by atoms with Crippen LogP contribution in [-0.2, 0) is 4.79 Å². The quantitative estimate of drug-likeness (QED) is 0.810. The smallest absolute Gasteiger partial charge is 0.229 e. The molecule has 3 unspecified atom stereocenters. The normalized spacial score (nSPS) is 30.5. The zero-order valence-corrected chi connectivity index (χ0v) is 9.94. The van der Waals surface area contributed by atoms with Gasteiger partial charge < -0.3 is 10.6 Å². The first-order valence-electron chi connectivity index (χ1n) is 6.22. The third kappa shape index (κ3) is 2.05. The first-order chi connectivity index (χ1) is 8.22. The molecule has 3 rings (SSSR count). The SMILES string of the molecule is Cc1cc(NC(=O)C2CC3CCC2N3)ccn1. The highest BCUT2D eigenvalue weighted by molar-refractivity contribution is 5.93. The summed E-state index contributed by atoms with van der Waals surface area (Å²) in [6, 6.07) is 4.70. The summed E-state index contributed by atoms with van der Waals surface area (Å²) in [6.07, 6.45) is 5.07. The number of amides is 1. The number of hydrogen-bond donors (Lipinski definition) is 2. The molecule has 2 aliphatic rings. The number of aromatic nitrogens is 1. The van der Waals surface area contributed by atoms with E-state index in [2.05, 4.69) is 15.6 Å². The molecule has 4 heteroatoms. The van der Waals surface area contributed by atoms with Crippen LogP contribution in [0.15, 0.2) is 18.3 Å². The minimum absolute atomic E-state index is 0.141. The van der Waals surface area contributed by atoms with Crippen molar-refractivity contribution >= 4 is 11.6 Å². The highest BCUT2D eigenvalue weighted by atomic mass is 16.2. The Kier molecular flexibility index (Phi) is 2.59. The molecule has 0 aliphatic carbocycles. The van der Waals surface area contributed by atoms with Crippen LogP contribution in [0.4, 0.5) is 5.69 Å². The van der Waals surface area contributed by atoms with Crippen molar-refractivity contribution in [2.24, 2.45) is 5.92 Å². The summed E-state index contributed by atoms with van der Waals surface area (Å²) in [5, 5.41) is 6.47. The summed E-state index contributed by atoms with van der Waals surface area (Å²) in [5.74, 6) is 0.289. The fourth-order valence-corrected chi connectivity index (χ4v) is 2.97. The van der Waals surface area contributed by atoms with Crippen LogP contribution in [0.3, 0.4) is 0 Å². The van der Waals surface area contributed by atoms with Crippen molar-refractivity contribution in [2.75, 3.05) is 5.32 Å². The second-order valence-electron chi connectivity index (χ2n) is 5.06. The molecule has 2 aliphatic heterocycles. The lowest BCUT2D eigenvalue weighted by Gasteiger charge is -2.19. The standard InChI is InChI=1S/C13H17N3O/c1-8-6-10(4-5-14-8)16-13(17)11-7-9-2-3-12(11)15-9/h4-6,9,11-12,15H,2-3,7H2,1H3,(H,14,16,17). The molecule has 0 spiro atoms. The van der Waals surface area contributed by atoms with E-state index in [9.17, 15) is 4.79 Å². The van der Waals surface area contributed by atoms with Gasteiger partial charge in [0.25, 0.3) is 0 Å². The number of hydrogen-bond acceptors (Lipinski definition) is 3. The average Bonchev–Trinajstić information content (AvgIpc) is 2.90. The Morgan fingerprint density at radius 3 is 3.06 bits per heavy atom. The molecule has 1 amide bonds. The molecule has 4 nitrogen and oxygen atoms in total. The van der Waals surface area contributed by atoms with Crippen LogP contribution in [0.25, 0.3) is 0 Å². The molecule has 0 aromatic carbocycles. The molecule has 2 bridgehead atoms. The Hall–Kier alpha value is -1.42. The molecule has 1 aromatic rings. The first kappa shape index (κ1) is 10.7. The average molecular weight is 231 g/mol. The van der Waals surface area contributed by atoms with Crippen molar-refractivity contribution in [2.45, 2.75) is 38.3 Å². The van der Waals surface area contributed by atoms with E-state index in [1.54, 1.807) is 6.20 Å². The summed E-state index contributed by atoms with van der Waals surface area (Å²) in [4.78, 5) is 16.3. The highest BCUT2D eigenvalue weighted by Gasteiger charge is 2.42. The van der Waals surface area contributed by atoms with Gasteiger partial charge in [0.05, 0.1) is 5.92 Å². The predicted molar refractivity (Wildman–Crippen MR) is 65.7 cm³/mol. The Morgan fingerprint density at radius 2 is 2.41 bits per heavy atom. The van der Waals surface area contributed by atoms with Gasteiger partial charge in [-0.3, -0.25) is 9.78 Å². The summed E-state index contributed by atoms with van der Waals surface area (Å²) in [6.45, 7) is 1.93. The number of anilines is 1. The molecular formula is C13H17N3O. The minimum Gasteiger partial charge on any atom is -0.326 e. The van der Waals surface area contributed by atoms with Gasteiger partial charge in [-0.05, 0) is 38.3 Å². The highest BCUT2D eigenvalue weighted by Crippen LogP contribution is 2.33. The van der Waals surface area contributed by atoms with Gasteiger partial charge in [-0.15, -0.1) is 0 Å². The number of carbonyl (C=O) groups is 1. The Balaban J connectivity index is 1.68. The van der Waals surface area contributed by atoms with Gasteiger partial charge in [0.2, 0.25) is 5.91 Å². The van der Waals surface area contributed by atoms with E-state index in [-0.39, 0.29) is 11.8 Å². The van der Waals surface area contributed by atoms with E-state index in [0.717, 1.165) is 24.2 Å². The summed E-state index contributed by atoms with van der Waals surface area (Å²) < 4.78 is 0. The molecule has 3 atom stereocenters. The van der Waals surface area contributed by atoms with Crippen LogP contribution >= 0.6 is 0 Å². The van der Waals surface area contributed by atoms with Gasteiger partial charge in [0.1, 0.15) is 0 Å². The van der Waals surface area contributed by atoms with Crippen molar-refractivity contribution in [3.63, 3.8) is 0 Å². The van der Waals surface area contributed by atoms with Crippen LogP contribution in [0.1, 0.15) is 25.0 Å². The summed E-state index contributed by atoms with van der Waals surface area (Å²) >= 11 is 0. The monoisotopic (exact) mass is 231 g/mol. The van der Waals surface area contributed by atoms with Gasteiger partial charge in [-0.25, -0.2) is 0 Å². The van der Waals surface area contributed by atoms with Gasteiger partial charge in [-0.1, -0.05) is 0 Å². The Morgan fingerprint density at radius 1 is 1.53 bits per heavy atom. The van der Waals surface area contributed by atoms with Crippen molar-refractivity contribution in [1.82, 2.24) is 10.3 Å². The van der Waals surface area contributed by atoms with E-state index in [0.29, 0.717) is 12.1 Å². The summed E-state index contributed by atoms with van der Waals surface area (Å²) in [7, 11) is 0. The third-order valence-electron chi connectivity index (χ3n) is 3.80. The summed E-state index contributed by atoms with van der Waals surface area (Å²) in [5.41, 5.74) is 1.78. The topological polar surface area (TPSA) is 54.0 Å². The zero-order chi connectivity index (χ0) is 11.8. The number of rotatable bonds is 2. The Bertz CT molecular complexity index is 446. The van der Waals surface area contributed by atoms with Crippen molar-refractivity contribution in [1.29, 1.82) is 0 Å². The number of pyridine rings is 1. The van der Waals surface area contributed by atoms with Gasteiger partial charge in [0, 0.05) is 29.7 Å². The van der Waals surface area contributed by atoms with E-state index in [1.165, 1.54) is 6.42 Å². The van der Waals surface area contributed by atoms with Crippen LogP contribution < -0.4 is 10.6 Å². The lowest BCUT2D eigenvalue weighted by Crippen LogP contribution is -2.32. The van der Waals surface area contributed by atoms with Crippen molar-refractivity contribution in [3.8, 4) is 0 Å². The van der Waals surface area contributed by atoms with E-state index < -0.39 is 0 Å². The number of nitrogens with one attached hydrogen (secondary N) is 2. The number of aryl methyl sites for hydroxylation is 1. The molecule has 17 heavy (non-hydrogen) atoms. The molecule has 1 aromatic heterocycles. The molecular weight excluding hydrogens is 214 g/mol. The molecule has 2 fully saturated rings. The molecule has 2 saturated heterocycles. The number of fused-ring (bicyclic) bond motifs is 2. The van der Waals surface area contributed by atoms with Gasteiger partial charge in [0.15, 0.2) is 0 Å². The van der Waals surface area contributed by atoms with Gasteiger partial charge in [-0.2, -0.15) is 0 Å². The first-order valence-corrected chi connectivity index (χ1v) is 6.22. The molecule has 2 N–H and O–H groups in total. The third-order valence-corrected chi connectivity index (χ3v) is 3.80. The molecule has 3 heterocycles. The number of carbonyl (C=O) groups excluding carboxylic acids is 1. The molecule has 90 valence electrons. The van der Waals surface area contributed by atoms with E-state index in [4.69, 9.17) is 0 Å². The largest absolute Gasteiger partial charge is 0.326 e. The minimum atomic E-state index is 0.141. The fourth-order valence-electron chi connectivity index (χ4n) is 2.97. The second-order valence-corrected chi connectivity index (χ2v) is 5.06. The predicted octanol–water partition coefficient (Wildman–Crippen LogP) is 1.47.